The Morgan fingerprint density at radius 1 is 1.14 bits per heavy atom. The van der Waals surface area contributed by atoms with Crippen molar-refractivity contribution in [1.82, 2.24) is 9.62 Å². The molecule has 28 heavy (non-hydrogen) atoms. The zero-order valence-corrected chi connectivity index (χ0v) is 16.3. The summed E-state index contributed by atoms with van der Waals surface area (Å²) >= 11 is 0. The molecule has 0 radical (unpaired) electrons. The van der Waals surface area contributed by atoms with E-state index < -0.39 is 27.9 Å². The molecule has 1 fully saturated rings. The molecule has 2 amide bonds. The minimum Gasteiger partial charge on any atom is -0.492 e. The second-order valence-corrected chi connectivity index (χ2v) is 8.33. The predicted octanol–water partition coefficient (Wildman–Crippen LogP) is 1.87. The highest BCUT2D eigenvalue weighted by Crippen LogP contribution is 2.27. The summed E-state index contributed by atoms with van der Waals surface area (Å²) in [6.45, 7) is 2.28. The Labute approximate surface area is 164 Å². The number of benzene rings is 2. The molecule has 0 saturated carbocycles. The minimum absolute atomic E-state index is 0.00133. The number of carbonyl (C=O) groups excluding carboxylic acids is 2. The van der Waals surface area contributed by atoms with Crippen LogP contribution < -0.4 is 10.1 Å². The van der Waals surface area contributed by atoms with Crippen LogP contribution in [0.5, 0.6) is 5.75 Å². The molecule has 1 aliphatic heterocycles. The van der Waals surface area contributed by atoms with Crippen LogP contribution in [0.1, 0.15) is 18.4 Å². The van der Waals surface area contributed by atoms with Gasteiger partial charge in [0.25, 0.3) is 10.0 Å². The largest absolute Gasteiger partial charge is 0.492 e. The van der Waals surface area contributed by atoms with Gasteiger partial charge in [-0.2, -0.15) is 0 Å². The summed E-state index contributed by atoms with van der Waals surface area (Å²) in [5, 5.41) is 2.66. The van der Waals surface area contributed by atoms with Crippen molar-refractivity contribution in [3.05, 3.63) is 60.2 Å². The van der Waals surface area contributed by atoms with Crippen LogP contribution in [0.4, 0.5) is 0 Å². The number of para-hydroxylation sites is 1. The Hall–Kier alpha value is -2.87. The van der Waals surface area contributed by atoms with E-state index in [1.165, 1.54) is 12.1 Å². The van der Waals surface area contributed by atoms with Gasteiger partial charge in [0.2, 0.25) is 11.8 Å². The number of sulfonamides is 1. The van der Waals surface area contributed by atoms with Crippen molar-refractivity contribution in [2.24, 2.45) is 0 Å². The lowest BCUT2D eigenvalue weighted by molar-refractivity contribution is -0.130. The topological polar surface area (TPSA) is 92.8 Å². The number of nitrogens with zero attached hydrogens (tertiary/aromatic N) is 1. The standard InChI is InChI=1S/C20H22N2O5S/c1-15-7-9-17(10-8-15)28(25,26)22-18(11-12-19(22)23)20(24)21-13-14-27-16-5-3-2-4-6-16/h2-10,18H,11-14H2,1H3,(H,21,24)/t18-/m0/s1. The van der Waals surface area contributed by atoms with Crippen LogP contribution in [-0.2, 0) is 19.6 Å². The molecule has 148 valence electrons. The lowest BCUT2D eigenvalue weighted by atomic mass is 10.2. The number of aryl methyl sites for hydroxylation is 1. The van der Waals surface area contributed by atoms with E-state index in [2.05, 4.69) is 5.32 Å². The Balaban J connectivity index is 1.64. The van der Waals surface area contributed by atoms with E-state index in [0.29, 0.717) is 10.1 Å². The summed E-state index contributed by atoms with van der Waals surface area (Å²) < 4.78 is 32.0. The van der Waals surface area contributed by atoms with Crippen LogP contribution in [-0.4, -0.2) is 43.7 Å². The lowest BCUT2D eigenvalue weighted by Gasteiger charge is -2.23. The molecular weight excluding hydrogens is 380 g/mol. The molecule has 0 unspecified atom stereocenters. The number of hydrogen-bond donors (Lipinski definition) is 1. The highest BCUT2D eigenvalue weighted by atomic mass is 32.2. The molecule has 3 rings (SSSR count). The van der Waals surface area contributed by atoms with E-state index in [1.807, 2.05) is 25.1 Å². The third kappa shape index (κ3) is 4.33. The maximum Gasteiger partial charge on any atom is 0.267 e. The first-order valence-corrected chi connectivity index (χ1v) is 10.4. The fraction of sp³-hybridized carbons (Fsp3) is 0.300. The second kappa shape index (κ2) is 8.43. The maximum absolute atomic E-state index is 12.9. The molecule has 1 N–H and O–H groups in total. The van der Waals surface area contributed by atoms with Crippen molar-refractivity contribution < 1.29 is 22.7 Å². The van der Waals surface area contributed by atoms with Gasteiger partial charge in [-0.3, -0.25) is 9.59 Å². The van der Waals surface area contributed by atoms with Gasteiger partial charge < -0.3 is 10.1 Å². The van der Waals surface area contributed by atoms with Crippen molar-refractivity contribution in [2.75, 3.05) is 13.2 Å². The lowest BCUT2D eigenvalue weighted by Crippen LogP contribution is -2.48. The summed E-state index contributed by atoms with van der Waals surface area (Å²) in [7, 11) is -4.08. The molecule has 2 aromatic carbocycles. The van der Waals surface area contributed by atoms with Gasteiger partial charge in [-0.25, -0.2) is 12.7 Å². The smallest absolute Gasteiger partial charge is 0.267 e. The summed E-state index contributed by atoms with van der Waals surface area (Å²) in [6.07, 6.45) is 0.180. The number of ether oxygens (including phenoxy) is 1. The van der Waals surface area contributed by atoms with Crippen LogP contribution in [0, 0.1) is 6.92 Å². The first-order chi connectivity index (χ1) is 13.4. The molecule has 1 atom stereocenters. The van der Waals surface area contributed by atoms with Crippen molar-refractivity contribution in [2.45, 2.75) is 30.7 Å². The fourth-order valence-corrected chi connectivity index (χ4v) is 4.60. The van der Waals surface area contributed by atoms with Gasteiger partial charge in [0.05, 0.1) is 11.4 Å². The van der Waals surface area contributed by atoms with Gasteiger partial charge in [-0.15, -0.1) is 0 Å². The van der Waals surface area contributed by atoms with E-state index in [-0.39, 0.29) is 30.9 Å². The Bertz CT molecular complexity index is 942. The molecule has 0 aliphatic carbocycles. The van der Waals surface area contributed by atoms with Gasteiger partial charge in [-0.05, 0) is 37.6 Å². The minimum atomic E-state index is -4.08. The SMILES string of the molecule is Cc1ccc(S(=O)(=O)N2C(=O)CC[C@H]2C(=O)NCCOc2ccccc2)cc1. The predicted molar refractivity (Wildman–Crippen MR) is 103 cm³/mol. The number of nitrogens with one attached hydrogen (secondary N) is 1. The molecular formula is C20H22N2O5S. The van der Waals surface area contributed by atoms with Gasteiger partial charge in [0, 0.05) is 6.42 Å². The van der Waals surface area contributed by atoms with Gasteiger partial charge >= 0.3 is 0 Å². The quantitative estimate of drug-likeness (QED) is 0.714. The van der Waals surface area contributed by atoms with Crippen LogP contribution in [0.15, 0.2) is 59.5 Å². The first kappa shape index (κ1) is 19.9. The molecule has 7 nitrogen and oxygen atoms in total. The van der Waals surface area contributed by atoms with Crippen molar-refractivity contribution in [3.8, 4) is 5.75 Å². The molecule has 1 aliphatic rings. The third-order valence-corrected chi connectivity index (χ3v) is 6.30. The van der Waals surface area contributed by atoms with E-state index >= 15 is 0 Å². The third-order valence-electron chi connectivity index (χ3n) is 4.45. The van der Waals surface area contributed by atoms with Gasteiger partial charge in [-0.1, -0.05) is 35.9 Å². The van der Waals surface area contributed by atoms with Crippen molar-refractivity contribution >= 4 is 21.8 Å². The van der Waals surface area contributed by atoms with Crippen LogP contribution >= 0.6 is 0 Å². The average Bonchev–Trinajstić information content (AvgIpc) is 3.09. The van der Waals surface area contributed by atoms with Gasteiger partial charge in [0.1, 0.15) is 18.4 Å². The number of hydrogen-bond acceptors (Lipinski definition) is 5. The Morgan fingerprint density at radius 2 is 1.82 bits per heavy atom. The molecule has 1 heterocycles. The summed E-state index contributed by atoms with van der Waals surface area (Å²) in [6, 6.07) is 14.3. The van der Waals surface area contributed by atoms with Crippen LogP contribution in [0.2, 0.25) is 0 Å². The number of rotatable bonds is 7. The van der Waals surface area contributed by atoms with Crippen LogP contribution in [0.25, 0.3) is 0 Å². The number of amides is 2. The van der Waals surface area contributed by atoms with Crippen molar-refractivity contribution in [1.29, 1.82) is 0 Å². The summed E-state index contributed by atoms with van der Waals surface area (Å²) in [4.78, 5) is 24.8. The fourth-order valence-electron chi connectivity index (χ4n) is 3.00. The monoisotopic (exact) mass is 402 g/mol. The molecule has 8 heteroatoms. The van der Waals surface area contributed by atoms with E-state index in [4.69, 9.17) is 4.74 Å². The average molecular weight is 402 g/mol. The maximum atomic E-state index is 12.9. The molecule has 1 saturated heterocycles. The van der Waals surface area contributed by atoms with E-state index in [0.717, 1.165) is 5.56 Å². The molecule has 0 bridgehead atoms. The highest BCUT2D eigenvalue weighted by molar-refractivity contribution is 7.89. The Morgan fingerprint density at radius 3 is 2.50 bits per heavy atom. The van der Waals surface area contributed by atoms with Crippen molar-refractivity contribution in [3.63, 3.8) is 0 Å². The summed E-state index contributed by atoms with van der Waals surface area (Å²) in [5.41, 5.74) is 0.902. The van der Waals surface area contributed by atoms with Crippen LogP contribution in [0.3, 0.4) is 0 Å². The highest BCUT2D eigenvalue weighted by Gasteiger charge is 2.44. The molecule has 0 aromatic heterocycles. The zero-order chi connectivity index (χ0) is 20.1. The van der Waals surface area contributed by atoms with E-state index in [9.17, 15) is 18.0 Å². The summed E-state index contributed by atoms with van der Waals surface area (Å²) in [5.74, 6) is -0.393. The normalized spacial score (nSPS) is 16.8. The molecule has 2 aromatic rings. The Kier molecular flexibility index (Phi) is 5.99. The molecule has 0 spiro atoms. The zero-order valence-electron chi connectivity index (χ0n) is 15.5. The second-order valence-electron chi connectivity index (χ2n) is 6.51. The number of carbonyl (C=O) groups is 2. The van der Waals surface area contributed by atoms with E-state index in [1.54, 1.807) is 24.3 Å². The van der Waals surface area contributed by atoms with Gasteiger partial charge in [0.15, 0.2) is 0 Å². The first-order valence-electron chi connectivity index (χ1n) is 8.99.